The van der Waals surface area contributed by atoms with E-state index in [2.05, 4.69) is 5.32 Å². The van der Waals surface area contributed by atoms with Crippen LogP contribution in [0.25, 0.3) is 0 Å². The van der Waals surface area contributed by atoms with Gasteiger partial charge in [0, 0.05) is 19.7 Å². The van der Waals surface area contributed by atoms with Crippen molar-refractivity contribution in [3.63, 3.8) is 0 Å². The lowest BCUT2D eigenvalue weighted by Gasteiger charge is -2.34. The minimum absolute atomic E-state index is 0.180. The molecule has 0 aromatic heterocycles. The Hall–Kier alpha value is -0.810. The molecule has 2 aliphatic heterocycles. The summed E-state index contributed by atoms with van der Waals surface area (Å²) in [5, 5.41) is 3.35. The van der Waals surface area contributed by atoms with Gasteiger partial charge in [-0.2, -0.15) is 0 Å². The lowest BCUT2D eigenvalue weighted by molar-refractivity contribution is -0.0102. The summed E-state index contributed by atoms with van der Waals surface area (Å²) in [6.07, 6.45) is 4.53. The van der Waals surface area contributed by atoms with E-state index in [1.54, 1.807) is 0 Å². The molecule has 0 aromatic rings. The van der Waals surface area contributed by atoms with Crippen LogP contribution < -0.4 is 5.32 Å². The maximum Gasteiger partial charge on any atom is 0.410 e. The highest BCUT2D eigenvalue weighted by atomic mass is 16.6. The molecule has 0 saturated carbocycles. The molecule has 5 heteroatoms. The van der Waals surface area contributed by atoms with E-state index in [0.29, 0.717) is 12.0 Å². The van der Waals surface area contributed by atoms with Crippen LogP contribution in [0.3, 0.4) is 0 Å². The molecule has 0 atom stereocenters. The molecule has 0 aliphatic carbocycles. The topological polar surface area (TPSA) is 50.8 Å². The van der Waals surface area contributed by atoms with Crippen molar-refractivity contribution in [2.24, 2.45) is 5.92 Å². The Morgan fingerprint density at radius 2 is 1.76 bits per heavy atom. The van der Waals surface area contributed by atoms with Gasteiger partial charge >= 0.3 is 6.09 Å². The van der Waals surface area contributed by atoms with Crippen molar-refractivity contribution in [3.8, 4) is 0 Å². The molecule has 5 nitrogen and oxygen atoms in total. The Bertz CT molecular complexity index is 327. The van der Waals surface area contributed by atoms with E-state index in [1.807, 2.05) is 25.7 Å². The van der Waals surface area contributed by atoms with Gasteiger partial charge in [-0.1, -0.05) is 0 Å². The van der Waals surface area contributed by atoms with Crippen LogP contribution in [-0.2, 0) is 9.47 Å². The molecule has 0 radical (unpaired) electrons. The van der Waals surface area contributed by atoms with Crippen molar-refractivity contribution in [3.05, 3.63) is 0 Å². The third-order valence-electron chi connectivity index (χ3n) is 4.12. The molecular formula is C16H30N2O3. The molecule has 2 fully saturated rings. The van der Waals surface area contributed by atoms with Gasteiger partial charge < -0.3 is 19.7 Å². The predicted molar refractivity (Wildman–Crippen MR) is 82.4 cm³/mol. The van der Waals surface area contributed by atoms with E-state index >= 15 is 0 Å². The highest BCUT2D eigenvalue weighted by Crippen LogP contribution is 2.21. The van der Waals surface area contributed by atoms with Crippen LogP contribution in [0.2, 0.25) is 0 Å². The highest BCUT2D eigenvalue weighted by Gasteiger charge is 2.27. The van der Waals surface area contributed by atoms with E-state index in [9.17, 15) is 4.79 Å². The minimum Gasteiger partial charge on any atom is -0.444 e. The maximum absolute atomic E-state index is 12.0. The van der Waals surface area contributed by atoms with E-state index in [4.69, 9.17) is 9.47 Å². The van der Waals surface area contributed by atoms with Crippen molar-refractivity contribution in [1.29, 1.82) is 0 Å². The Kier molecular flexibility index (Phi) is 5.88. The summed E-state index contributed by atoms with van der Waals surface area (Å²) in [4.78, 5) is 13.8. The van der Waals surface area contributed by atoms with E-state index in [0.717, 1.165) is 58.5 Å². The fourth-order valence-electron chi connectivity index (χ4n) is 2.84. The molecule has 2 rings (SSSR count). The van der Waals surface area contributed by atoms with Crippen LogP contribution in [0.1, 0.15) is 46.5 Å². The van der Waals surface area contributed by atoms with Crippen LogP contribution >= 0.6 is 0 Å². The Balaban J connectivity index is 1.64. The molecule has 2 aliphatic rings. The van der Waals surface area contributed by atoms with Gasteiger partial charge in [-0.3, -0.25) is 0 Å². The van der Waals surface area contributed by atoms with E-state index < -0.39 is 5.60 Å². The summed E-state index contributed by atoms with van der Waals surface area (Å²) >= 11 is 0. The number of hydrogen-bond donors (Lipinski definition) is 1. The summed E-state index contributed by atoms with van der Waals surface area (Å²) < 4.78 is 11.4. The molecule has 1 amide bonds. The Morgan fingerprint density at radius 1 is 1.14 bits per heavy atom. The zero-order valence-corrected chi connectivity index (χ0v) is 13.7. The quantitative estimate of drug-likeness (QED) is 0.869. The standard InChI is InChI=1S/C16H30N2O3/c1-16(2,3)21-15(19)18-10-6-13(7-11-18)12-20-14-4-8-17-9-5-14/h13-14,17H,4-12H2,1-3H3. The summed E-state index contributed by atoms with van der Waals surface area (Å²) in [5.41, 5.74) is -0.411. The van der Waals surface area contributed by atoms with Crippen molar-refractivity contribution in [2.45, 2.75) is 58.2 Å². The number of piperidine rings is 2. The number of carbonyl (C=O) groups excluding carboxylic acids is 1. The summed E-state index contributed by atoms with van der Waals surface area (Å²) in [7, 11) is 0. The molecule has 0 unspecified atom stereocenters. The second kappa shape index (κ2) is 7.45. The van der Waals surface area contributed by atoms with Gasteiger partial charge in [0.25, 0.3) is 0 Å². The van der Waals surface area contributed by atoms with Crippen molar-refractivity contribution in [2.75, 3.05) is 32.8 Å². The summed E-state index contributed by atoms with van der Waals surface area (Å²) in [5.74, 6) is 0.582. The number of hydrogen-bond acceptors (Lipinski definition) is 4. The monoisotopic (exact) mass is 298 g/mol. The van der Waals surface area contributed by atoms with Gasteiger partial charge in [-0.25, -0.2) is 4.79 Å². The van der Waals surface area contributed by atoms with Crippen LogP contribution in [0.15, 0.2) is 0 Å². The number of amides is 1. The molecule has 0 spiro atoms. The van der Waals surface area contributed by atoms with Gasteiger partial charge in [-0.05, 0) is 65.5 Å². The fourth-order valence-corrected chi connectivity index (χ4v) is 2.84. The van der Waals surface area contributed by atoms with Crippen molar-refractivity contribution < 1.29 is 14.3 Å². The molecule has 0 bridgehead atoms. The van der Waals surface area contributed by atoms with Crippen LogP contribution in [0, 0.1) is 5.92 Å². The first-order valence-corrected chi connectivity index (χ1v) is 8.24. The van der Waals surface area contributed by atoms with Gasteiger partial charge in [-0.15, -0.1) is 0 Å². The zero-order valence-electron chi connectivity index (χ0n) is 13.7. The van der Waals surface area contributed by atoms with Crippen LogP contribution in [0.4, 0.5) is 4.79 Å². The third kappa shape index (κ3) is 5.83. The SMILES string of the molecule is CC(C)(C)OC(=O)N1CCC(COC2CCNCC2)CC1. The molecule has 1 N–H and O–H groups in total. The lowest BCUT2D eigenvalue weighted by atomic mass is 9.98. The lowest BCUT2D eigenvalue weighted by Crippen LogP contribution is -2.42. The normalized spacial score (nSPS) is 22.3. The average Bonchev–Trinajstić information content (AvgIpc) is 2.45. The highest BCUT2D eigenvalue weighted by molar-refractivity contribution is 5.68. The second-order valence-corrected chi connectivity index (χ2v) is 7.19. The number of carbonyl (C=O) groups is 1. The molecule has 2 saturated heterocycles. The van der Waals surface area contributed by atoms with Crippen molar-refractivity contribution >= 4 is 6.09 Å². The predicted octanol–water partition coefficient (Wildman–Crippen LogP) is 2.40. The van der Waals surface area contributed by atoms with Gasteiger partial charge in [0.1, 0.15) is 5.60 Å². The third-order valence-corrected chi connectivity index (χ3v) is 4.12. The average molecular weight is 298 g/mol. The van der Waals surface area contributed by atoms with Crippen LogP contribution in [0.5, 0.6) is 0 Å². The first kappa shape index (κ1) is 16.6. The molecule has 21 heavy (non-hydrogen) atoms. The van der Waals surface area contributed by atoms with Gasteiger partial charge in [0.05, 0.1) is 6.10 Å². The first-order valence-electron chi connectivity index (χ1n) is 8.24. The fraction of sp³-hybridized carbons (Fsp3) is 0.938. The molecule has 2 heterocycles. The summed E-state index contributed by atoms with van der Waals surface area (Å²) in [6.45, 7) is 10.3. The second-order valence-electron chi connectivity index (χ2n) is 7.19. The Labute approximate surface area is 128 Å². The first-order chi connectivity index (χ1) is 9.94. The Morgan fingerprint density at radius 3 is 2.33 bits per heavy atom. The number of rotatable bonds is 3. The minimum atomic E-state index is -0.411. The van der Waals surface area contributed by atoms with Gasteiger partial charge in [0.2, 0.25) is 0 Å². The molecular weight excluding hydrogens is 268 g/mol. The summed E-state index contributed by atoms with van der Waals surface area (Å²) in [6, 6.07) is 0. The zero-order chi connectivity index (χ0) is 15.3. The molecule has 0 aromatic carbocycles. The van der Waals surface area contributed by atoms with Crippen molar-refractivity contribution in [1.82, 2.24) is 10.2 Å². The van der Waals surface area contributed by atoms with Gasteiger partial charge in [0.15, 0.2) is 0 Å². The number of likely N-dealkylation sites (tertiary alicyclic amines) is 1. The number of ether oxygens (including phenoxy) is 2. The number of nitrogens with one attached hydrogen (secondary N) is 1. The number of nitrogens with zero attached hydrogens (tertiary/aromatic N) is 1. The maximum atomic E-state index is 12.0. The smallest absolute Gasteiger partial charge is 0.410 e. The van der Waals surface area contributed by atoms with E-state index in [-0.39, 0.29) is 6.09 Å². The van der Waals surface area contributed by atoms with E-state index in [1.165, 1.54) is 0 Å². The largest absolute Gasteiger partial charge is 0.444 e. The van der Waals surface area contributed by atoms with Crippen LogP contribution in [-0.4, -0.2) is 55.5 Å². The molecule has 122 valence electrons.